The normalized spacial score (nSPS) is 10.4. The van der Waals surface area contributed by atoms with Gasteiger partial charge < -0.3 is 0 Å². The van der Waals surface area contributed by atoms with Crippen LogP contribution >= 0.6 is 0 Å². The van der Waals surface area contributed by atoms with Gasteiger partial charge in [0.1, 0.15) is 6.07 Å². The molecule has 0 aromatic heterocycles. The van der Waals surface area contributed by atoms with E-state index in [1.807, 2.05) is 31.2 Å². The van der Waals surface area contributed by atoms with E-state index < -0.39 is 0 Å². The molecule has 0 aliphatic heterocycles. The van der Waals surface area contributed by atoms with Gasteiger partial charge in [-0.05, 0) is 29.5 Å². The minimum Gasteiger partial charge on any atom is -0.192 e. The zero-order chi connectivity index (χ0) is 13.1. The molecule has 1 heteroatoms. The lowest BCUT2D eigenvalue weighted by Gasteiger charge is -2.16. The van der Waals surface area contributed by atoms with Crippen LogP contribution in [0.1, 0.15) is 36.5 Å². The number of nitriles is 1. The minimum absolute atomic E-state index is 0.410. The van der Waals surface area contributed by atoms with Gasteiger partial charge in [0.2, 0.25) is 0 Å². The molecule has 0 heterocycles. The van der Waals surface area contributed by atoms with E-state index in [1.165, 1.54) is 5.56 Å². The van der Waals surface area contributed by atoms with Gasteiger partial charge >= 0.3 is 0 Å². The van der Waals surface area contributed by atoms with Gasteiger partial charge in [-0.3, -0.25) is 0 Å². The van der Waals surface area contributed by atoms with Crippen LogP contribution in [0.3, 0.4) is 0 Å². The van der Waals surface area contributed by atoms with E-state index in [-0.39, 0.29) is 0 Å². The number of rotatable bonds is 2. The Kier molecular flexibility index (Phi) is 3.48. The van der Waals surface area contributed by atoms with E-state index in [1.54, 1.807) is 0 Å². The van der Waals surface area contributed by atoms with Crippen molar-refractivity contribution in [1.29, 1.82) is 5.26 Å². The second-order valence-electron chi connectivity index (χ2n) is 4.85. The van der Waals surface area contributed by atoms with Crippen LogP contribution in [0.4, 0.5) is 0 Å². The molecule has 0 unspecified atom stereocenters. The molecule has 18 heavy (non-hydrogen) atoms. The summed E-state index contributed by atoms with van der Waals surface area (Å²) >= 11 is 0. The zero-order valence-corrected chi connectivity index (χ0v) is 11.1. The predicted molar refractivity (Wildman–Crippen MR) is 75.4 cm³/mol. The Morgan fingerprint density at radius 1 is 1.00 bits per heavy atom. The van der Waals surface area contributed by atoms with Crippen molar-refractivity contribution in [2.45, 2.75) is 26.7 Å². The third-order valence-corrected chi connectivity index (χ3v) is 3.24. The first-order chi connectivity index (χ1) is 8.65. The topological polar surface area (TPSA) is 23.8 Å². The summed E-state index contributed by atoms with van der Waals surface area (Å²) in [5.41, 5.74) is 5.30. The van der Waals surface area contributed by atoms with Crippen molar-refractivity contribution < 1.29 is 0 Å². The van der Waals surface area contributed by atoms with Gasteiger partial charge in [0.25, 0.3) is 0 Å². The van der Waals surface area contributed by atoms with Crippen molar-refractivity contribution in [2.24, 2.45) is 0 Å². The number of hydrogen-bond acceptors (Lipinski definition) is 1. The number of aryl methyl sites for hydroxylation is 1. The molecule has 2 aromatic carbocycles. The van der Waals surface area contributed by atoms with E-state index >= 15 is 0 Å². The van der Waals surface area contributed by atoms with Gasteiger partial charge in [0.15, 0.2) is 0 Å². The second-order valence-corrected chi connectivity index (χ2v) is 4.85. The highest BCUT2D eigenvalue weighted by Crippen LogP contribution is 2.33. The van der Waals surface area contributed by atoms with Crippen LogP contribution in [0.2, 0.25) is 0 Å². The van der Waals surface area contributed by atoms with Crippen molar-refractivity contribution in [3.63, 3.8) is 0 Å². The quantitative estimate of drug-likeness (QED) is 0.742. The van der Waals surface area contributed by atoms with Crippen molar-refractivity contribution in [3.05, 3.63) is 59.2 Å². The summed E-state index contributed by atoms with van der Waals surface area (Å²) in [6.07, 6.45) is 0. The highest BCUT2D eigenvalue weighted by Gasteiger charge is 2.14. The first-order valence-electron chi connectivity index (χ1n) is 6.24. The van der Waals surface area contributed by atoms with E-state index in [0.717, 1.165) is 22.3 Å². The standard InChI is InChI=1S/C17H17N/c1-12(2)15-10-9-13(3)16(11-18)17(15)14-7-5-4-6-8-14/h4-10,12H,1-3H3. The molecule has 90 valence electrons. The van der Waals surface area contributed by atoms with Gasteiger partial charge in [-0.2, -0.15) is 5.26 Å². The molecule has 2 aromatic rings. The Hall–Kier alpha value is -2.07. The molecule has 0 bridgehead atoms. The van der Waals surface area contributed by atoms with Crippen LogP contribution in [-0.4, -0.2) is 0 Å². The van der Waals surface area contributed by atoms with Crippen molar-refractivity contribution >= 4 is 0 Å². The minimum atomic E-state index is 0.410. The summed E-state index contributed by atoms with van der Waals surface area (Å²) in [5, 5.41) is 9.42. The Bertz CT molecular complexity index is 589. The van der Waals surface area contributed by atoms with Crippen LogP contribution in [0.5, 0.6) is 0 Å². The molecule has 0 aliphatic rings. The van der Waals surface area contributed by atoms with Crippen LogP contribution < -0.4 is 0 Å². The molecule has 2 rings (SSSR count). The van der Waals surface area contributed by atoms with Gasteiger partial charge in [-0.25, -0.2) is 0 Å². The summed E-state index contributed by atoms with van der Waals surface area (Å²) in [5.74, 6) is 0.410. The predicted octanol–water partition coefficient (Wildman–Crippen LogP) is 4.66. The maximum absolute atomic E-state index is 9.42. The fraction of sp³-hybridized carbons (Fsp3) is 0.235. The summed E-state index contributed by atoms with van der Waals surface area (Å²) in [7, 11) is 0. The molecular weight excluding hydrogens is 218 g/mol. The SMILES string of the molecule is Cc1ccc(C(C)C)c(-c2ccccc2)c1C#N. The fourth-order valence-electron chi connectivity index (χ4n) is 2.26. The maximum Gasteiger partial charge on any atom is 0.100 e. The van der Waals surface area contributed by atoms with E-state index in [4.69, 9.17) is 0 Å². The molecule has 0 spiro atoms. The third-order valence-electron chi connectivity index (χ3n) is 3.24. The highest BCUT2D eigenvalue weighted by atomic mass is 14.3. The molecule has 0 aliphatic carbocycles. The van der Waals surface area contributed by atoms with E-state index in [9.17, 15) is 5.26 Å². The summed E-state index contributed by atoms with van der Waals surface area (Å²) in [6, 6.07) is 16.7. The maximum atomic E-state index is 9.42. The fourth-order valence-corrected chi connectivity index (χ4v) is 2.26. The smallest absolute Gasteiger partial charge is 0.100 e. The van der Waals surface area contributed by atoms with Crippen LogP contribution in [0.15, 0.2) is 42.5 Å². The first-order valence-corrected chi connectivity index (χ1v) is 6.24. The average Bonchev–Trinajstić information content (AvgIpc) is 2.39. The Balaban J connectivity index is 2.78. The second kappa shape index (κ2) is 5.06. The number of hydrogen-bond donors (Lipinski definition) is 0. The Morgan fingerprint density at radius 3 is 2.22 bits per heavy atom. The van der Waals surface area contributed by atoms with Crippen molar-refractivity contribution in [1.82, 2.24) is 0 Å². The zero-order valence-electron chi connectivity index (χ0n) is 11.1. The van der Waals surface area contributed by atoms with Crippen LogP contribution in [0.25, 0.3) is 11.1 Å². The van der Waals surface area contributed by atoms with E-state index in [0.29, 0.717) is 5.92 Å². The van der Waals surface area contributed by atoms with Gasteiger partial charge in [0.05, 0.1) is 5.56 Å². The molecule has 0 N–H and O–H groups in total. The Morgan fingerprint density at radius 2 is 1.67 bits per heavy atom. The summed E-state index contributed by atoms with van der Waals surface area (Å²) in [6.45, 7) is 6.33. The number of benzene rings is 2. The lowest BCUT2D eigenvalue weighted by Crippen LogP contribution is -1.98. The van der Waals surface area contributed by atoms with Gasteiger partial charge in [-0.15, -0.1) is 0 Å². The van der Waals surface area contributed by atoms with E-state index in [2.05, 4.69) is 38.1 Å². The molecule has 0 saturated heterocycles. The van der Waals surface area contributed by atoms with Gasteiger partial charge in [0, 0.05) is 5.56 Å². The molecule has 0 amide bonds. The first kappa shape index (κ1) is 12.4. The van der Waals surface area contributed by atoms with Crippen LogP contribution in [-0.2, 0) is 0 Å². The van der Waals surface area contributed by atoms with Crippen LogP contribution in [0, 0.1) is 18.3 Å². The monoisotopic (exact) mass is 235 g/mol. The summed E-state index contributed by atoms with van der Waals surface area (Å²) < 4.78 is 0. The lowest BCUT2D eigenvalue weighted by molar-refractivity contribution is 0.867. The molecule has 0 saturated carbocycles. The Labute approximate surface area is 109 Å². The van der Waals surface area contributed by atoms with Crippen molar-refractivity contribution in [3.8, 4) is 17.2 Å². The third kappa shape index (κ3) is 2.15. The molecule has 0 radical (unpaired) electrons. The molecule has 0 atom stereocenters. The lowest BCUT2D eigenvalue weighted by atomic mass is 9.87. The molecule has 1 nitrogen and oxygen atoms in total. The number of nitrogens with zero attached hydrogens (tertiary/aromatic N) is 1. The average molecular weight is 235 g/mol. The molecular formula is C17H17N. The largest absolute Gasteiger partial charge is 0.192 e. The van der Waals surface area contributed by atoms with Gasteiger partial charge in [-0.1, -0.05) is 56.3 Å². The molecule has 0 fully saturated rings. The highest BCUT2D eigenvalue weighted by molar-refractivity contribution is 5.76. The van der Waals surface area contributed by atoms with Crippen molar-refractivity contribution in [2.75, 3.05) is 0 Å². The summed E-state index contributed by atoms with van der Waals surface area (Å²) in [4.78, 5) is 0.